The molecule has 2 heterocycles. The van der Waals surface area contributed by atoms with Gasteiger partial charge in [-0.25, -0.2) is 0 Å². The predicted octanol–water partition coefficient (Wildman–Crippen LogP) is 1.24. The van der Waals surface area contributed by atoms with Gasteiger partial charge in [-0.3, -0.25) is 0 Å². The molecule has 0 saturated carbocycles. The van der Waals surface area contributed by atoms with Gasteiger partial charge in [0.2, 0.25) is 0 Å². The predicted molar refractivity (Wildman–Crippen MR) is 62.1 cm³/mol. The maximum absolute atomic E-state index is 5.35. The highest BCUT2D eigenvalue weighted by atomic mass is 16.5. The van der Waals surface area contributed by atoms with Crippen molar-refractivity contribution in [1.82, 2.24) is 10.2 Å². The summed E-state index contributed by atoms with van der Waals surface area (Å²) in [6.45, 7) is 4.31. The summed E-state index contributed by atoms with van der Waals surface area (Å²) in [7, 11) is 2.27. The van der Waals surface area contributed by atoms with Gasteiger partial charge in [-0.1, -0.05) is 6.42 Å². The van der Waals surface area contributed by atoms with Crippen molar-refractivity contribution >= 4 is 0 Å². The average molecular weight is 212 g/mol. The van der Waals surface area contributed by atoms with Crippen LogP contribution in [0.1, 0.15) is 32.1 Å². The summed E-state index contributed by atoms with van der Waals surface area (Å²) in [6, 6.07) is 1.44. The van der Waals surface area contributed by atoms with E-state index < -0.39 is 0 Å². The number of rotatable bonds is 4. The molecule has 3 nitrogen and oxygen atoms in total. The molecule has 2 aliphatic rings. The largest absolute Gasteiger partial charge is 0.380 e. The quantitative estimate of drug-likeness (QED) is 0.759. The molecule has 0 aromatic carbocycles. The van der Waals surface area contributed by atoms with Crippen molar-refractivity contribution in [3.05, 3.63) is 0 Å². The molecule has 1 N–H and O–H groups in total. The van der Waals surface area contributed by atoms with Crippen molar-refractivity contribution in [2.24, 2.45) is 0 Å². The Bertz CT molecular complexity index is 180. The van der Waals surface area contributed by atoms with E-state index in [-0.39, 0.29) is 0 Å². The van der Waals surface area contributed by atoms with Crippen LogP contribution in [-0.2, 0) is 4.74 Å². The van der Waals surface area contributed by atoms with Crippen LogP contribution in [-0.4, -0.2) is 50.3 Å². The SMILES string of the molecule is CN1CCCCC1CCNC1CCOC1. The van der Waals surface area contributed by atoms with Gasteiger partial charge >= 0.3 is 0 Å². The summed E-state index contributed by atoms with van der Waals surface area (Å²) < 4.78 is 5.35. The van der Waals surface area contributed by atoms with E-state index in [4.69, 9.17) is 4.74 Å². The molecule has 0 aromatic heterocycles. The Labute approximate surface area is 93.2 Å². The zero-order valence-corrected chi connectivity index (χ0v) is 9.87. The van der Waals surface area contributed by atoms with Gasteiger partial charge in [0.25, 0.3) is 0 Å². The van der Waals surface area contributed by atoms with E-state index in [1.165, 1.54) is 38.6 Å². The molecule has 2 unspecified atom stereocenters. The minimum Gasteiger partial charge on any atom is -0.380 e. The normalized spacial score (nSPS) is 33.4. The second-order valence-corrected chi connectivity index (χ2v) is 4.93. The van der Waals surface area contributed by atoms with Crippen LogP contribution in [0.25, 0.3) is 0 Å². The molecule has 0 radical (unpaired) electrons. The van der Waals surface area contributed by atoms with Crippen molar-refractivity contribution < 1.29 is 4.74 Å². The van der Waals surface area contributed by atoms with Crippen molar-refractivity contribution in [2.45, 2.75) is 44.2 Å². The third kappa shape index (κ3) is 3.44. The van der Waals surface area contributed by atoms with E-state index in [1.54, 1.807) is 0 Å². The Morgan fingerprint density at radius 3 is 3.00 bits per heavy atom. The van der Waals surface area contributed by atoms with Crippen molar-refractivity contribution in [2.75, 3.05) is 33.4 Å². The Balaban J connectivity index is 1.59. The molecule has 2 atom stereocenters. The van der Waals surface area contributed by atoms with Crippen LogP contribution in [0, 0.1) is 0 Å². The summed E-state index contributed by atoms with van der Waals surface area (Å²) in [5.41, 5.74) is 0. The van der Waals surface area contributed by atoms with E-state index in [9.17, 15) is 0 Å². The van der Waals surface area contributed by atoms with Gasteiger partial charge in [0.1, 0.15) is 0 Å². The van der Waals surface area contributed by atoms with Crippen LogP contribution >= 0.6 is 0 Å². The van der Waals surface area contributed by atoms with E-state index in [1.807, 2.05) is 0 Å². The van der Waals surface area contributed by atoms with Crippen molar-refractivity contribution in [3.8, 4) is 0 Å². The summed E-state index contributed by atoms with van der Waals surface area (Å²) in [5.74, 6) is 0. The van der Waals surface area contributed by atoms with E-state index in [0.717, 1.165) is 25.8 Å². The van der Waals surface area contributed by atoms with Crippen molar-refractivity contribution in [3.63, 3.8) is 0 Å². The lowest BCUT2D eigenvalue weighted by atomic mass is 10.00. The van der Waals surface area contributed by atoms with Gasteiger partial charge in [0, 0.05) is 18.7 Å². The Hall–Kier alpha value is -0.120. The first-order chi connectivity index (χ1) is 7.36. The molecule has 15 heavy (non-hydrogen) atoms. The maximum Gasteiger partial charge on any atom is 0.0620 e. The monoisotopic (exact) mass is 212 g/mol. The first-order valence-electron chi connectivity index (χ1n) is 6.37. The number of hydrogen-bond acceptors (Lipinski definition) is 3. The molecule has 0 bridgehead atoms. The Morgan fingerprint density at radius 1 is 1.33 bits per heavy atom. The fourth-order valence-corrected chi connectivity index (χ4v) is 2.66. The fourth-order valence-electron chi connectivity index (χ4n) is 2.66. The lowest BCUT2D eigenvalue weighted by Crippen LogP contribution is -2.39. The first kappa shape index (κ1) is 11.4. The van der Waals surface area contributed by atoms with Gasteiger partial charge in [-0.05, 0) is 45.8 Å². The molecule has 3 heteroatoms. The average Bonchev–Trinajstić information content (AvgIpc) is 2.74. The lowest BCUT2D eigenvalue weighted by Gasteiger charge is -2.32. The Morgan fingerprint density at radius 2 is 2.27 bits per heavy atom. The molecule has 2 fully saturated rings. The smallest absolute Gasteiger partial charge is 0.0620 e. The molecule has 0 spiro atoms. The minimum absolute atomic E-state index is 0.624. The molecule has 0 amide bonds. The van der Waals surface area contributed by atoms with Crippen LogP contribution in [0.4, 0.5) is 0 Å². The molecule has 2 aliphatic heterocycles. The molecule has 2 saturated heterocycles. The van der Waals surface area contributed by atoms with E-state index >= 15 is 0 Å². The van der Waals surface area contributed by atoms with Crippen LogP contribution < -0.4 is 5.32 Å². The molecule has 2 rings (SSSR count). The first-order valence-corrected chi connectivity index (χ1v) is 6.37. The highest BCUT2D eigenvalue weighted by Gasteiger charge is 2.19. The van der Waals surface area contributed by atoms with Gasteiger partial charge < -0.3 is 15.0 Å². The van der Waals surface area contributed by atoms with E-state index in [0.29, 0.717) is 6.04 Å². The molecule has 88 valence electrons. The molecule has 0 aromatic rings. The van der Waals surface area contributed by atoms with Gasteiger partial charge in [-0.15, -0.1) is 0 Å². The molecular weight excluding hydrogens is 188 g/mol. The molecular formula is C12H24N2O. The van der Waals surface area contributed by atoms with E-state index in [2.05, 4.69) is 17.3 Å². The fraction of sp³-hybridized carbons (Fsp3) is 1.00. The Kier molecular flexibility index (Phi) is 4.42. The van der Waals surface area contributed by atoms with Gasteiger partial charge in [0.15, 0.2) is 0 Å². The van der Waals surface area contributed by atoms with Gasteiger partial charge in [-0.2, -0.15) is 0 Å². The number of ether oxygens (including phenoxy) is 1. The highest BCUT2D eigenvalue weighted by molar-refractivity contribution is 4.77. The minimum atomic E-state index is 0.624. The topological polar surface area (TPSA) is 24.5 Å². The summed E-state index contributed by atoms with van der Waals surface area (Å²) >= 11 is 0. The third-order valence-electron chi connectivity index (χ3n) is 3.76. The van der Waals surface area contributed by atoms with Crippen LogP contribution in [0.5, 0.6) is 0 Å². The third-order valence-corrected chi connectivity index (χ3v) is 3.76. The maximum atomic E-state index is 5.35. The number of hydrogen-bond donors (Lipinski definition) is 1. The molecule has 0 aliphatic carbocycles. The highest BCUT2D eigenvalue weighted by Crippen LogP contribution is 2.17. The van der Waals surface area contributed by atoms with Gasteiger partial charge in [0.05, 0.1) is 6.61 Å². The van der Waals surface area contributed by atoms with Crippen molar-refractivity contribution in [1.29, 1.82) is 0 Å². The van der Waals surface area contributed by atoms with Crippen LogP contribution in [0.3, 0.4) is 0 Å². The summed E-state index contributed by atoms with van der Waals surface area (Å²) in [6.07, 6.45) is 6.69. The zero-order chi connectivity index (χ0) is 10.5. The second kappa shape index (κ2) is 5.83. The second-order valence-electron chi connectivity index (χ2n) is 4.93. The van der Waals surface area contributed by atoms with Crippen LogP contribution in [0.15, 0.2) is 0 Å². The van der Waals surface area contributed by atoms with Crippen LogP contribution in [0.2, 0.25) is 0 Å². The number of likely N-dealkylation sites (tertiary alicyclic amines) is 1. The lowest BCUT2D eigenvalue weighted by molar-refractivity contribution is 0.170. The number of nitrogens with one attached hydrogen (secondary N) is 1. The number of piperidine rings is 1. The zero-order valence-electron chi connectivity index (χ0n) is 9.87. The standard InChI is InChI=1S/C12H24N2O/c1-14-8-3-2-4-12(14)5-7-13-11-6-9-15-10-11/h11-13H,2-10H2,1H3. The summed E-state index contributed by atoms with van der Waals surface area (Å²) in [5, 5.41) is 3.60. The summed E-state index contributed by atoms with van der Waals surface area (Å²) in [4.78, 5) is 2.52. The number of nitrogens with zero attached hydrogens (tertiary/aromatic N) is 1.